The van der Waals surface area contributed by atoms with E-state index in [0.29, 0.717) is 10.8 Å². The second-order valence-electron chi connectivity index (χ2n) is 2.35. The summed E-state index contributed by atoms with van der Waals surface area (Å²) in [5.74, 6) is 0. The molecule has 0 radical (unpaired) electrons. The van der Waals surface area contributed by atoms with Gasteiger partial charge in [-0.1, -0.05) is 15.9 Å². The summed E-state index contributed by atoms with van der Waals surface area (Å²) in [7, 11) is 0. The SMILES string of the molecule is O=Cc1cc(SC(F)(F)F)ccc1Br. The molecule has 0 aromatic heterocycles. The van der Waals surface area contributed by atoms with Gasteiger partial charge >= 0.3 is 5.51 Å². The van der Waals surface area contributed by atoms with Crippen LogP contribution in [-0.4, -0.2) is 11.8 Å². The monoisotopic (exact) mass is 284 g/mol. The van der Waals surface area contributed by atoms with Gasteiger partial charge in [0.1, 0.15) is 0 Å². The number of alkyl halides is 3. The highest BCUT2D eigenvalue weighted by atomic mass is 79.9. The van der Waals surface area contributed by atoms with Gasteiger partial charge in [-0.15, -0.1) is 0 Å². The highest BCUT2D eigenvalue weighted by Crippen LogP contribution is 2.37. The largest absolute Gasteiger partial charge is 0.446 e. The fraction of sp³-hybridized carbons (Fsp3) is 0.125. The second kappa shape index (κ2) is 4.35. The average molecular weight is 285 g/mol. The van der Waals surface area contributed by atoms with Crippen LogP contribution in [0.15, 0.2) is 27.6 Å². The molecule has 6 heteroatoms. The Labute approximate surface area is 90.8 Å². The van der Waals surface area contributed by atoms with E-state index < -0.39 is 5.51 Å². The van der Waals surface area contributed by atoms with E-state index >= 15 is 0 Å². The first-order valence-electron chi connectivity index (χ1n) is 3.43. The molecule has 0 saturated heterocycles. The topological polar surface area (TPSA) is 17.1 Å². The Morgan fingerprint density at radius 1 is 1.36 bits per heavy atom. The van der Waals surface area contributed by atoms with Gasteiger partial charge in [0.2, 0.25) is 0 Å². The molecule has 0 spiro atoms. The minimum absolute atomic E-state index is 0.00259. The Morgan fingerprint density at radius 3 is 2.50 bits per heavy atom. The Kier molecular flexibility index (Phi) is 3.60. The van der Waals surface area contributed by atoms with Crippen LogP contribution in [0.4, 0.5) is 13.2 Å². The minimum Gasteiger partial charge on any atom is -0.298 e. The zero-order valence-electron chi connectivity index (χ0n) is 6.64. The third-order valence-corrected chi connectivity index (χ3v) is 2.77. The van der Waals surface area contributed by atoms with Gasteiger partial charge in [-0.05, 0) is 30.0 Å². The number of halogens is 4. The van der Waals surface area contributed by atoms with Gasteiger partial charge in [0, 0.05) is 14.9 Å². The number of carbonyl (C=O) groups is 1. The lowest BCUT2D eigenvalue weighted by Gasteiger charge is -2.06. The van der Waals surface area contributed by atoms with Crippen molar-refractivity contribution in [2.45, 2.75) is 10.4 Å². The van der Waals surface area contributed by atoms with E-state index in [1.807, 2.05) is 0 Å². The molecule has 0 heterocycles. The van der Waals surface area contributed by atoms with E-state index in [2.05, 4.69) is 15.9 Å². The van der Waals surface area contributed by atoms with Gasteiger partial charge in [-0.2, -0.15) is 13.2 Å². The first kappa shape index (κ1) is 11.6. The predicted octanol–water partition coefficient (Wildman–Crippen LogP) is 3.87. The molecule has 76 valence electrons. The second-order valence-corrected chi connectivity index (χ2v) is 4.34. The van der Waals surface area contributed by atoms with Crippen LogP contribution < -0.4 is 0 Å². The molecule has 0 aliphatic heterocycles. The predicted molar refractivity (Wildman–Crippen MR) is 51.4 cm³/mol. The van der Waals surface area contributed by atoms with E-state index in [9.17, 15) is 18.0 Å². The van der Waals surface area contributed by atoms with Crippen molar-refractivity contribution in [2.24, 2.45) is 0 Å². The van der Waals surface area contributed by atoms with Crippen molar-refractivity contribution >= 4 is 34.0 Å². The molecule has 0 aliphatic rings. The molecular formula is C8H4BrF3OS. The van der Waals surface area contributed by atoms with E-state index in [0.717, 1.165) is 0 Å². The van der Waals surface area contributed by atoms with Crippen LogP contribution in [0.5, 0.6) is 0 Å². The van der Waals surface area contributed by atoms with Crippen molar-refractivity contribution in [1.29, 1.82) is 0 Å². The molecule has 14 heavy (non-hydrogen) atoms. The molecule has 0 fully saturated rings. The number of hydrogen-bond acceptors (Lipinski definition) is 2. The van der Waals surface area contributed by atoms with Crippen molar-refractivity contribution in [3.05, 3.63) is 28.2 Å². The lowest BCUT2D eigenvalue weighted by Crippen LogP contribution is -1.99. The third kappa shape index (κ3) is 3.34. The lowest BCUT2D eigenvalue weighted by atomic mass is 10.2. The number of carbonyl (C=O) groups excluding carboxylic acids is 1. The first-order chi connectivity index (χ1) is 6.42. The number of thioether (sulfide) groups is 1. The molecule has 0 atom stereocenters. The number of hydrogen-bond donors (Lipinski definition) is 0. The summed E-state index contributed by atoms with van der Waals surface area (Å²) in [5.41, 5.74) is -4.12. The maximum atomic E-state index is 11.9. The fourth-order valence-electron chi connectivity index (χ4n) is 0.809. The van der Waals surface area contributed by atoms with Gasteiger partial charge in [0.25, 0.3) is 0 Å². The van der Waals surface area contributed by atoms with Crippen LogP contribution in [0.1, 0.15) is 10.4 Å². The number of aldehydes is 1. The number of benzene rings is 1. The highest BCUT2D eigenvalue weighted by Gasteiger charge is 2.29. The van der Waals surface area contributed by atoms with Crippen LogP contribution in [0, 0.1) is 0 Å². The summed E-state index contributed by atoms with van der Waals surface area (Å²) < 4.78 is 36.3. The Balaban J connectivity index is 2.95. The van der Waals surface area contributed by atoms with Crippen molar-refractivity contribution in [2.75, 3.05) is 0 Å². The average Bonchev–Trinajstić information content (AvgIpc) is 2.06. The molecule has 0 unspecified atom stereocenters. The van der Waals surface area contributed by atoms with E-state index in [1.165, 1.54) is 18.2 Å². The maximum Gasteiger partial charge on any atom is 0.446 e. The summed E-state index contributed by atoms with van der Waals surface area (Å²) in [4.78, 5) is 10.4. The van der Waals surface area contributed by atoms with Crippen molar-refractivity contribution in [1.82, 2.24) is 0 Å². The van der Waals surface area contributed by atoms with Crippen LogP contribution in [0.25, 0.3) is 0 Å². The summed E-state index contributed by atoms with van der Waals surface area (Å²) in [6.45, 7) is 0. The van der Waals surface area contributed by atoms with Gasteiger partial charge in [0.05, 0.1) is 0 Å². The van der Waals surface area contributed by atoms with Crippen molar-refractivity contribution in [3.63, 3.8) is 0 Å². The summed E-state index contributed by atoms with van der Waals surface area (Å²) in [6, 6.07) is 3.91. The summed E-state index contributed by atoms with van der Waals surface area (Å²) >= 11 is 2.81. The van der Waals surface area contributed by atoms with Gasteiger partial charge in [0.15, 0.2) is 6.29 Å². The van der Waals surface area contributed by atoms with Crippen LogP contribution in [0.3, 0.4) is 0 Å². The Morgan fingerprint density at radius 2 is 2.00 bits per heavy atom. The molecule has 0 amide bonds. The molecule has 1 aromatic rings. The third-order valence-electron chi connectivity index (χ3n) is 1.33. The molecule has 0 N–H and O–H groups in total. The van der Waals surface area contributed by atoms with Gasteiger partial charge < -0.3 is 0 Å². The first-order valence-corrected chi connectivity index (χ1v) is 5.04. The summed E-state index contributed by atoms with van der Waals surface area (Å²) in [6.07, 6.45) is 0.504. The van der Waals surface area contributed by atoms with Crippen LogP contribution in [0.2, 0.25) is 0 Å². The molecule has 1 aromatic carbocycles. The van der Waals surface area contributed by atoms with Crippen LogP contribution in [-0.2, 0) is 0 Å². The molecule has 1 rings (SSSR count). The number of rotatable bonds is 2. The quantitative estimate of drug-likeness (QED) is 0.606. The smallest absolute Gasteiger partial charge is 0.298 e. The fourth-order valence-corrected chi connectivity index (χ4v) is 1.74. The Hall–Kier alpha value is -0.490. The highest BCUT2D eigenvalue weighted by molar-refractivity contribution is 9.10. The minimum atomic E-state index is -4.33. The van der Waals surface area contributed by atoms with Gasteiger partial charge in [-0.3, -0.25) is 4.79 Å². The van der Waals surface area contributed by atoms with Crippen molar-refractivity contribution in [3.8, 4) is 0 Å². The van der Waals surface area contributed by atoms with Crippen LogP contribution >= 0.6 is 27.7 Å². The molecule has 0 saturated carbocycles. The lowest BCUT2D eigenvalue weighted by molar-refractivity contribution is -0.0328. The van der Waals surface area contributed by atoms with Gasteiger partial charge in [-0.25, -0.2) is 0 Å². The molecule has 0 aliphatic carbocycles. The normalized spacial score (nSPS) is 11.4. The standard InChI is InChI=1S/C8H4BrF3OS/c9-7-2-1-6(3-5(7)4-13)14-8(10,11)12/h1-4H. The van der Waals surface area contributed by atoms with E-state index in [1.54, 1.807) is 0 Å². The zero-order valence-corrected chi connectivity index (χ0v) is 9.04. The molecule has 1 nitrogen and oxygen atoms in total. The molecule has 0 bridgehead atoms. The maximum absolute atomic E-state index is 11.9. The van der Waals surface area contributed by atoms with E-state index in [4.69, 9.17) is 0 Å². The Bertz CT molecular complexity index is 351. The molecular weight excluding hydrogens is 281 g/mol. The summed E-state index contributed by atoms with van der Waals surface area (Å²) in [5, 5.41) is 0. The van der Waals surface area contributed by atoms with Crippen molar-refractivity contribution < 1.29 is 18.0 Å². The zero-order chi connectivity index (χ0) is 10.8. The van der Waals surface area contributed by atoms with E-state index in [-0.39, 0.29) is 22.2 Å².